The fourth-order valence-electron chi connectivity index (χ4n) is 1.18. The summed E-state index contributed by atoms with van der Waals surface area (Å²) in [5.74, 6) is 0. The van der Waals surface area contributed by atoms with Gasteiger partial charge in [0.05, 0.1) is 8.80 Å². The third-order valence-electron chi connectivity index (χ3n) is 1.72. The first-order valence-electron chi connectivity index (χ1n) is 5.71. The predicted octanol–water partition coefficient (Wildman–Crippen LogP) is 2.16. The Morgan fingerprint density at radius 3 is 1.60 bits per heavy atom. The molecule has 0 atom stereocenters. The van der Waals surface area contributed by atoms with Gasteiger partial charge in [-0.25, -0.2) is 0 Å². The molecule has 0 aromatic heterocycles. The van der Waals surface area contributed by atoms with Crippen LogP contribution in [0.5, 0.6) is 0 Å². The van der Waals surface area contributed by atoms with Crippen LogP contribution in [-0.4, -0.2) is 37.4 Å². The molecule has 0 unspecified atom stereocenters. The van der Waals surface area contributed by atoms with Gasteiger partial charge in [0.15, 0.2) is 0 Å². The van der Waals surface area contributed by atoms with Crippen molar-refractivity contribution >= 4 is 17.6 Å². The smallest absolute Gasteiger partial charge is 0.371 e. The minimum absolute atomic E-state index is 0.635. The maximum Gasteiger partial charge on any atom is 0.528 e. The Labute approximate surface area is 96.4 Å². The molecule has 15 heavy (non-hydrogen) atoms. The molecule has 0 aliphatic rings. The van der Waals surface area contributed by atoms with E-state index in [0.717, 1.165) is 0 Å². The van der Waals surface area contributed by atoms with E-state index in [-0.39, 0.29) is 0 Å². The highest BCUT2D eigenvalue weighted by molar-refractivity contribution is 6.70. The van der Waals surface area contributed by atoms with Gasteiger partial charge in [-0.1, -0.05) is 18.8 Å². The quantitative estimate of drug-likeness (QED) is 0.616. The van der Waals surface area contributed by atoms with Crippen molar-refractivity contribution in [2.45, 2.75) is 33.9 Å². The highest BCUT2D eigenvalue weighted by Crippen LogP contribution is 2.12. The molecule has 0 bridgehead atoms. The van der Waals surface area contributed by atoms with Crippen LogP contribution < -0.4 is 0 Å². The maximum atomic E-state index is 5.69. The maximum absolute atomic E-state index is 5.69. The van der Waals surface area contributed by atoms with Crippen LogP contribution in [0.4, 0.5) is 0 Å². The summed E-state index contributed by atoms with van der Waals surface area (Å²) < 4.78 is 17.1. The van der Waals surface area contributed by atoms with E-state index in [1.165, 1.54) is 0 Å². The Bertz CT molecular complexity index is 166. The summed E-state index contributed by atoms with van der Waals surface area (Å²) in [5.41, 5.74) is 4.29. The van der Waals surface area contributed by atoms with Crippen molar-refractivity contribution in [3.05, 3.63) is 11.4 Å². The van der Waals surface area contributed by atoms with Crippen molar-refractivity contribution in [2.75, 3.05) is 19.8 Å². The zero-order chi connectivity index (χ0) is 11.7. The van der Waals surface area contributed by atoms with Gasteiger partial charge in [0.2, 0.25) is 0 Å². The molecule has 90 valence electrons. The predicted molar refractivity (Wildman–Crippen MR) is 68.6 cm³/mol. The van der Waals surface area contributed by atoms with Gasteiger partial charge in [0, 0.05) is 19.8 Å². The Morgan fingerprint density at radius 1 is 0.933 bits per heavy atom. The second kappa shape index (κ2) is 8.23. The summed E-state index contributed by atoms with van der Waals surface area (Å²) in [6, 6.07) is 0. The average Bonchev–Trinajstić information content (AvgIpc) is 2.16. The summed E-state index contributed by atoms with van der Waals surface area (Å²) in [7, 11) is -3.24. The third-order valence-corrected chi connectivity index (χ3v) is 5.74. The van der Waals surface area contributed by atoms with E-state index >= 15 is 0 Å². The van der Waals surface area contributed by atoms with Crippen LogP contribution in [0.15, 0.2) is 11.4 Å². The van der Waals surface area contributed by atoms with Gasteiger partial charge in [0.1, 0.15) is 0 Å². The first kappa shape index (κ1) is 15.1. The topological polar surface area (TPSA) is 27.7 Å². The highest BCUT2D eigenvalue weighted by atomic mass is 28.4. The molecule has 5 heteroatoms. The molecule has 0 aromatic carbocycles. The summed E-state index contributed by atoms with van der Waals surface area (Å²) in [6.07, 6.45) is 0. The van der Waals surface area contributed by atoms with E-state index in [4.69, 9.17) is 13.3 Å². The number of hydrogen-bond acceptors (Lipinski definition) is 3. The highest BCUT2D eigenvalue weighted by Gasteiger charge is 2.37. The Hall–Kier alpha value is 0.0538. The molecular weight excluding hydrogens is 224 g/mol. The van der Waals surface area contributed by atoms with E-state index in [0.29, 0.717) is 19.8 Å². The van der Waals surface area contributed by atoms with Gasteiger partial charge in [-0.15, -0.1) is 0 Å². The van der Waals surface area contributed by atoms with Crippen LogP contribution in [0.25, 0.3) is 0 Å². The van der Waals surface area contributed by atoms with Crippen LogP contribution in [0.1, 0.15) is 20.8 Å². The molecule has 0 saturated heterocycles. The molecule has 0 amide bonds. The second-order valence-corrected chi connectivity index (χ2v) is 8.79. The van der Waals surface area contributed by atoms with E-state index in [2.05, 4.69) is 24.5 Å². The lowest BCUT2D eigenvalue weighted by atomic mass is 10.9. The van der Waals surface area contributed by atoms with Gasteiger partial charge < -0.3 is 13.3 Å². The van der Waals surface area contributed by atoms with Crippen molar-refractivity contribution in [1.82, 2.24) is 0 Å². The summed E-state index contributed by atoms with van der Waals surface area (Å²) in [5, 5.41) is 0. The molecule has 0 spiro atoms. The molecule has 3 nitrogen and oxygen atoms in total. The molecule has 0 N–H and O–H groups in total. The summed E-state index contributed by atoms with van der Waals surface area (Å²) in [4.78, 5) is 0. The minimum Gasteiger partial charge on any atom is -0.371 e. The van der Waals surface area contributed by atoms with E-state index < -0.39 is 17.6 Å². The lowest BCUT2D eigenvalue weighted by Gasteiger charge is -2.25. The third kappa shape index (κ3) is 6.26. The lowest BCUT2D eigenvalue weighted by Crippen LogP contribution is -2.44. The molecule has 0 radical (unpaired) electrons. The van der Waals surface area contributed by atoms with E-state index in [1.54, 1.807) is 0 Å². The molecule has 0 aromatic rings. The molecule has 0 aliphatic heterocycles. The van der Waals surface area contributed by atoms with Crippen LogP contribution in [0.3, 0.4) is 0 Å². The van der Waals surface area contributed by atoms with Crippen LogP contribution in [0.2, 0.25) is 13.1 Å². The van der Waals surface area contributed by atoms with E-state index in [9.17, 15) is 0 Å². The first-order chi connectivity index (χ1) is 7.10. The van der Waals surface area contributed by atoms with E-state index in [1.807, 2.05) is 20.8 Å². The largest absolute Gasteiger partial charge is 0.528 e. The van der Waals surface area contributed by atoms with Crippen molar-refractivity contribution in [3.63, 3.8) is 0 Å². The molecule has 0 saturated carbocycles. The average molecular weight is 248 g/mol. The number of hydrogen-bond donors (Lipinski definition) is 0. The normalized spacial score (nSPS) is 12.9. The number of rotatable bonds is 8. The van der Waals surface area contributed by atoms with Gasteiger partial charge in [-0.2, -0.15) is 0 Å². The van der Waals surface area contributed by atoms with Gasteiger partial charge in [-0.3, -0.25) is 0 Å². The molecule has 0 fully saturated rings. The molecule has 0 heterocycles. The van der Waals surface area contributed by atoms with Gasteiger partial charge in [-0.05, 0) is 26.5 Å². The van der Waals surface area contributed by atoms with Crippen molar-refractivity contribution in [3.8, 4) is 0 Å². The second-order valence-electron chi connectivity index (χ2n) is 3.51. The standard InChI is InChI=1S/C10H24O3Si2/c1-6-11-15(12-7-2,13-8-3)10-9-14(4)5/h9-10,14H,6-8H2,1-5H3. The summed E-state index contributed by atoms with van der Waals surface area (Å²) >= 11 is 0. The molecule has 0 rings (SSSR count). The zero-order valence-corrected chi connectivity index (χ0v) is 12.7. The Kier molecular flexibility index (Phi) is 8.26. The fraction of sp³-hybridized carbons (Fsp3) is 0.800. The van der Waals surface area contributed by atoms with Gasteiger partial charge >= 0.3 is 8.80 Å². The Morgan fingerprint density at radius 2 is 1.33 bits per heavy atom. The molecular formula is C10H24O3Si2. The van der Waals surface area contributed by atoms with Gasteiger partial charge in [0.25, 0.3) is 0 Å². The Balaban J connectivity index is 4.59. The first-order valence-corrected chi connectivity index (χ1v) is 10.5. The monoisotopic (exact) mass is 248 g/mol. The lowest BCUT2D eigenvalue weighted by molar-refractivity contribution is 0.0843. The van der Waals surface area contributed by atoms with Crippen LogP contribution in [0, 0.1) is 0 Å². The summed E-state index contributed by atoms with van der Waals surface area (Å²) in [6.45, 7) is 12.4. The van der Waals surface area contributed by atoms with Crippen molar-refractivity contribution in [2.24, 2.45) is 0 Å². The van der Waals surface area contributed by atoms with Crippen LogP contribution in [-0.2, 0) is 13.3 Å². The fourth-order valence-corrected chi connectivity index (χ4v) is 5.41. The minimum atomic E-state index is -2.50. The van der Waals surface area contributed by atoms with Crippen LogP contribution >= 0.6 is 0 Å². The SMILES string of the molecule is CCO[Si](C=C[SiH](C)C)(OCC)OCC. The molecule has 0 aliphatic carbocycles. The van der Waals surface area contributed by atoms with Crippen molar-refractivity contribution in [1.29, 1.82) is 0 Å². The zero-order valence-electron chi connectivity index (χ0n) is 10.6. The van der Waals surface area contributed by atoms with Crippen molar-refractivity contribution < 1.29 is 13.3 Å².